The highest BCUT2D eigenvalue weighted by Crippen LogP contribution is 2.45. The normalized spacial score (nSPS) is 11.4. The smallest absolute Gasteiger partial charge is 0.224 e. The van der Waals surface area contributed by atoms with Crippen molar-refractivity contribution in [2.45, 2.75) is 318 Å². The van der Waals surface area contributed by atoms with E-state index in [0.29, 0.717) is 84.2 Å². The van der Waals surface area contributed by atoms with E-state index in [1.54, 1.807) is 0 Å². The second kappa shape index (κ2) is 54.2. The van der Waals surface area contributed by atoms with Gasteiger partial charge in [-0.15, -0.1) is 0 Å². The molecule has 13 heteroatoms. The topological polar surface area (TPSA) is 154 Å². The van der Waals surface area contributed by atoms with Crippen LogP contribution in [0.3, 0.4) is 0 Å². The number of amides is 2. The minimum atomic E-state index is 0.0380. The Morgan fingerprint density at radius 1 is 0.278 bits per heavy atom. The van der Waals surface area contributed by atoms with E-state index < -0.39 is 0 Å². The maximum Gasteiger partial charge on any atom is 0.224 e. The molecule has 2 amide bonds. The summed E-state index contributed by atoms with van der Waals surface area (Å²) in [6, 6.07) is 32.4. The fourth-order valence-corrected chi connectivity index (χ4v) is 11.9. The van der Waals surface area contributed by atoms with Crippen LogP contribution >= 0.6 is 0 Å². The van der Waals surface area contributed by atoms with Crippen molar-refractivity contribution in [2.24, 2.45) is 20.5 Å². The summed E-state index contributed by atoms with van der Waals surface area (Å²) >= 11 is 0. The Hall–Kier alpha value is -6.76. The highest BCUT2D eigenvalue weighted by molar-refractivity contribution is 5.91. The summed E-state index contributed by atoms with van der Waals surface area (Å²) in [4.78, 5) is 25.1. The van der Waals surface area contributed by atoms with Crippen LogP contribution in [0.15, 0.2) is 124 Å². The largest absolute Gasteiger partial charge is 0.489 e. The van der Waals surface area contributed by atoms with Gasteiger partial charge in [-0.2, -0.15) is 20.5 Å². The molecule has 0 saturated carbocycles. The number of nitrogens with zero attached hydrogens (tertiary/aromatic N) is 4. The first-order valence-corrected chi connectivity index (χ1v) is 39.0. The van der Waals surface area contributed by atoms with Crippen molar-refractivity contribution in [3.8, 4) is 28.7 Å². The van der Waals surface area contributed by atoms with Gasteiger partial charge in [-0.3, -0.25) is 9.59 Å². The molecule has 0 fully saturated rings. The number of rotatable bonds is 60. The average molecular weight is 1330 g/mol. The fraction of sp³-hybridized carbons (Fsp3) is 0.619. The number of anilines is 2. The fourth-order valence-electron chi connectivity index (χ4n) is 11.9. The third-order valence-electron chi connectivity index (χ3n) is 17.9. The Balaban J connectivity index is 1.38. The lowest BCUT2D eigenvalue weighted by Crippen LogP contribution is -2.12. The van der Waals surface area contributed by atoms with Crippen LogP contribution in [0.2, 0.25) is 0 Å². The number of azo groups is 2. The quantitative estimate of drug-likeness (QED) is 0.0290. The van der Waals surface area contributed by atoms with E-state index in [4.69, 9.17) is 23.7 Å². The number of unbranched alkanes of at least 4 members (excludes halogenated alkanes) is 35. The van der Waals surface area contributed by atoms with Crippen molar-refractivity contribution in [3.63, 3.8) is 0 Å². The zero-order chi connectivity index (χ0) is 68.7. The van der Waals surface area contributed by atoms with Gasteiger partial charge in [0.1, 0.15) is 24.7 Å². The Kier molecular flexibility index (Phi) is 45.2. The molecule has 5 aromatic rings. The Labute approximate surface area is 587 Å². The molecule has 2 N–H and O–H groups in total. The zero-order valence-corrected chi connectivity index (χ0v) is 61.2. The Morgan fingerprint density at radius 2 is 0.515 bits per heavy atom. The Morgan fingerprint density at radius 3 is 0.794 bits per heavy atom. The maximum atomic E-state index is 12.6. The molecule has 0 unspecified atom stereocenters. The Bertz CT molecular complexity index is 2660. The molecule has 13 nitrogen and oxygen atoms in total. The molecule has 0 aliphatic rings. The van der Waals surface area contributed by atoms with Crippen molar-refractivity contribution in [3.05, 3.63) is 114 Å². The standard InChI is InChI=1S/C84H128N6O7/c1-6-11-16-21-24-27-30-33-38-43-64-93-82-70(68-96-78-60-56-76(57-61-78)89-87-74-52-48-72(49-53-74)85-80(91)46-41-36-19-14-9-4)67-71(69-97-79-62-58-77(59-63-79)90-88-75-54-50-73(51-55-75)86-81(92)47-42-37-20-15-10-5)83(94-65-44-39-34-31-28-25-22-17-12-7-2)84(82)95-66-45-40-35-32-29-26-23-18-13-8-3/h48-63,67H,6-47,64-66,68-69H2,1-5H3,(H,85,91)(H,86,92). The van der Waals surface area contributed by atoms with Crippen LogP contribution in [0.1, 0.15) is 315 Å². The van der Waals surface area contributed by atoms with Crippen LogP contribution in [-0.4, -0.2) is 31.6 Å². The van der Waals surface area contributed by atoms with Crippen LogP contribution in [0.5, 0.6) is 28.7 Å². The second-order valence-corrected chi connectivity index (χ2v) is 26.8. The van der Waals surface area contributed by atoms with E-state index >= 15 is 0 Å². The van der Waals surface area contributed by atoms with E-state index in [1.165, 1.54) is 193 Å². The maximum absolute atomic E-state index is 12.6. The second-order valence-electron chi connectivity index (χ2n) is 26.8. The molecule has 0 bridgehead atoms. The van der Waals surface area contributed by atoms with E-state index in [9.17, 15) is 9.59 Å². The number of benzene rings is 5. The number of hydrogen-bond donors (Lipinski definition) is 2. The molecule has 0 radical (unpaired) electrons. The summed E-state index contributed by atoms with van der Waals surface area (Å²) in [5.41, 5.74) is 5.97. The SMILES string of the molecule is CCCCCCCCCCCCOc1c(COc2ccc(N=Nc3ccc(NC(=O)CCCCCCC)cc3)cc2)cc(COc2ccc(N=Nc3ccc(NC(=O)CCCCCCC)cc3)cc2)c(OCCCCCCCCCCCC)c1OCCCCCCCCCCCC. The van der Waals surface area contributed by atoms with Gasteiger partial charge in [-0.1, -0.05) is 259 Å². The summed E-state index contributed by atoms with van der Waals surface area (Å²) in [6.07, 6.45) is 49.3. The number of carbonyl (C=O) groups excluding carboxylic acids is 2. The number of nitrogens with one attached hydrogen (secondary N) is 2. The molecule has 5 aromatic carbocycles. The van der Waals surface area contributed by atoms with Crippen LogP contribution in [0, 0.1) is 0 Å². The van der Waals surface area contributed by atoms with Crippen molar-refractivity contribution >= 4 is 45.9 Å². The van der Waals surface area contributed by atoms with Crippen LogP contribution in [-0.2, 0) is 22.8 Å². The van der Waals surface area contributed by atoms with Crippen molar-refractivity contribution in [2.75, 3.05) is 30.5 Å². The van der Waals surface area contributed by atoms with Gasteiger partial charge >= 0.3 is 0 Å². The molecule has 536 valence electrons. The highest BCUT2D eigenvalue weighted by atomic mass is 16.5. The third kappa shape index (κ3) is 37.7. The summed E-state index contributed by atoms with van der Waals surface area (Å²) in [6.45, 7) is 13.3. The molecule has 97 heavy (non-hydrogen) atoms. The van der Waals surface area contributed by atoms with Gasteiger partial charge in [0.2, 0.25) is 17.6 Å². The lowest BCUT2D eigenvalue weighted by molar-refractivity contribution is -0.117. The van der Waals surface area contributed by atoms with Gasteiger partial charge in [-0.25, -0.2) is 0 Å². The molecule has 0 heterocycles. The van der Waals surface area contributed by atoms with Crippen LogP contribution in [0.25, 0.3) is 0 Å². The predicted octanol–water partition coefficient (Wildman–Crippen LogP) is 27.2. The first-order chi connectivity index (χ1) is 47.8. The first-order valence-electron chi connectivity index (χ1n) is 39.0. The van der Waals surface area contributed by atoms with Gasteiger partial charge in [0.15, 0.2) is 11.5 Å². The molecular formula is C84H128N6O7. The van der Waals surface area contributed by atoms with Gasteiger partial charge in [-0.05, 0) is 135 Å². The van der Waals surface area contributed by atoms with Crippen LogP contribution in [0.4, 0.5) is 34.1 Å². The van der Waals surface area contributed by atoms with Gasteiger partial charge < -0.3 is 34.3 Å². The predicted molar refractivity (Wildman–Crippen MR) is 405 cm³/mol. The van der Waals surface area contributed by atoms with Crippen molar-refractivity contribution in [1.29, 1.82) is 0 Å². The summed E-state index contributed by atoms with van der Waals surface area (Å²) < 4.78 is 34.4. The van der Waals surface area contributed by atoms with Crippen molar-refractivity contribution in [1.82, 2.24) is 0 Å². The van der Waals surface area contributed by atoms with Crippen molar-refractivity contribution < 1.29 is 33.3 Å². The molecule has 0 spiro atoms. The van der Waals surface area contributed by atoms with E-state index in [2.05, 4.69) is 71.8 Å². The van der Waals surface area contributed by atoms with E-state index in [1.807, 2.05) is 97.1 Å². The van der Waals surface area contributed by atoms with Gasteiger partial charge in [0.25, 0.3) is 0 Å². The monoisotopic (exact) mass is 1330 g/mol. The number of hydrogen-bond acceptors (Lipinski definition) is 11. The molecule has 0 aliphatic heterocycles. The minimum Gasteiger partial charge on any atom is -0.489 e. The van der Waals surface area contributed by atoms with E-state index in [-0.39, 0.29) is 25.0 Å². The third-order valence-corrected chi connectivity index (χ3v) is 17.9. The number of carbonyl (C=O) groups is 2. The van der Waals surface area contributed by atoms with Gasteiger partial charge in [0.05, 0.1) is 42.6 Å². The minimum absolute atomic E-state index is 0.0380. The zero-order valence-electron chi connectivity index (χ0n) is 61.2. The van der Waals surface area contributed by atoms with Gasteiger partial charge in [0, 0.05) is 35.3 Å². The summed E-state index contributed by atoms with van der Waals surface area (Å²) in [7, 11) is 0. The molecule has 0 aliphatic carbocycles. The lowest BCUT2D eigenvalue weighted by Gasteiger charge is -2.23. The molecule has 0 saturated heterocycles. The molecule has 5 rings (SSSR count). The summed E-state index contributed by atoms with van der Waals surface area (Å²) in [5, 5.41) is 24.1. The molecular weight excluding hydrogens is 1200 g/mol. The van der Waals surface area contributed by atoms with E-state index in [0.717, 1.165) is 86.7 Å². The summed E-state index contributed by atoms with van der Waals surface area (Å²) in [5.74, 6) is 3.41. The number of ether oxygens (including phenoxy) is 5. The lowest BCUT2D eigenvalue weighted by atomic mass is 10.1. The molecule has 0 aromatic heterocycles. The first kappa shape index (κ1) is 80.9. The average Bonchev–Trinajstić information content (AvgIpc) is 0.796. The highest BCUT2D eigenvalue weighted by Gasteiger charge is 2.24. The molecule has 0 atom stereocenters. The van der Waals surface area contributed by atoms with Crippen LogP contribution < -0.4 is 34.3 Å².